The maximum absolute atomic E-state index is 13.6. The SMILES string of the molecule is CC(c1ccc[nH]c1=O)n1cc(NC(=O)[C@@H](NC(=O)c2ccnn2C(C)C)C(C2CC2)C2CC2)cn1. The minimum Gasteiger partial charge on any atom is -0.339 e. The molecule has 2 saturated carbocycles. The van der Waals surface area contributed by atoms with E-state index < -0.39 is 6.04 Å². The van der Waals surface area contributed by atoms with Gasteiger partial charge in [0.2, 0.25) is 5.91 Å². The molecular weight excluding hydrogens is 458 g/mol. The number of aromatic nitrogens is 5. The van der Waals surface area contributed by atoms with Gasteiger partial charge in [-0.2, -0.15) is 10.2 Å². The van der Waals surface area contributed by atoms with Crippen LogP contribution in [0.2, 0.25) is 0 Å². The minimum absolute atomic E-state index is 0.0281. The molecule has 3 heterocycles. The van der Waals surface area contributed by atoms with Crippen molar-refractivity contribution in [1.29, 1.82) is 0 Å². The van der Waals surface area contributed by atoms with Crippen LogP contribution in [0.15, 0.2) is 47.8 Å². The summed E-state index contributed by atoms with van der Waals surface area (Å²) in [6.45, 7) is 5.81. The van der Waals surface area contributed by atoms with Gasteiger partial charge in [0, 0.05) is 30.2 Å². The summed E-state index contributed by atoms with van der Waals surface area (Å²) >= 11 is 0. The van der Waals surface area contributed by atoms with Gasteiger partial charge < -0.3 is 15.6 Å². The summed E-state index contributed by atoms with van der Waals surface area (Å²) in [5, 5.41) is 14.7. The lowest BCUT2D eigenvalue weighted by Crippen LogP contribution is -2.50. The van der Waals surface area contributed by atoms with Crippen molar-refractivity contribution in [3.8, 4) is 0 Å². The highest BCUT2D eigenvalue weighted by Gasteiger charge is 2.48. The molecule has 2 fully saturated rings. The largest absolute Gasteiger partial charge is 0.339 e. The highest BCUT2D eigenvalue weighted by molar-refractivity contribution is 6.00. The number of carbonyl (C=O) groups is 2. The third kappa shape index (κ3) is 4.98. The molecule has 0 spiro atoms. The van der Waals surface area contributed by atoms with Crippen molar-refractivity contribution < 1.29 is 9.59 Å². The third-order valence-corrected chi connectivity index (χ3v) is 7.24. The van der Waals surface area contributed by atoms with Gasteiger partial charge in [0.25, 0.3) is 11.5 Å². The zero-order valence-corrected chi connectivity index (χ0v) is 20.8. The molecule has 0 saturated heterocycles. The Hall–Kier alpha value is -3.69. The molecule has 3 N–H and O–H groups in total. The Balaban J connectivity index is 1.35. The summed E-state index contributed by atoms with van der Waals surface area (Å²) in [6.07, 6.45) is 10.8. The number of H-pyrrole nitrogens is 1. The predicted molar refractivity (Wildman–Crippen MR) is 135 cm³/mol. The second kappa shape index (κ2) is 9.75. The first-order chi connectivity index (χ1) is 17.3. The number of anilines is 1. The van der Waals surface area contributed by atoms with E-state index in [1.54, 1.807) is 52.4 Å². The smallest absolute Gasteiger partial charge is 0.270 e. The van der Waals surface area contributed by atoms with E-state index in [1.807, 2.05) is 20.8 Å². The van der Waals surface area contributed by atoms with Crippen molar-refractivity contribution in [3.63, 3.8) is 0 Å². The molecule has 3 aromatic heterocycles. The van der Waals surface area contributed by atoms with Crippen LogP contribution in [0.3, 0.4) is 0 Å². The summed E-state index contributed by atoms with van der Waals surface area (Å²) in [7, 11) is 0. The highest BCUT2D eigenvalue weighted by Crippen LogP contribution is 2.51. The lowest BCUT2D eigenvalue weighted by Gasteiger charge is -2.27. The molecule has 10 heteroatoms. The van der Waals surface area contributed by atoms with E-state index in [1.165, 1.54) is 0 Å². The number of hydrogen-bond donors (Lipinski definition) is 3. The van der Waals surface area contributed by atoms with Gasteiger partial charge in [0.15, 0.2) is 0 Å². The molecule has 0 radical (unpaired) electrons. The molecule has 5 rings (SSSR count). The summed E-state index contributed by atoms with van der Waals surface area (Å²) in [4.78, 5) is 41.7. The van der Waals surface area contributed by atoms with E-state index in [4.69, 9.17) is 0 Å². The number of aromatic amines is 1. The first kappa shape index (κ1) is 24.0. The molecule has 2 atom stereocenters. The number of hydrogen-bond acceptors (Lipinski definition) is 5. The molecule has 36 heavy (non-hydrogen) atoms. The average molecular weight is 492 g/mol. The van der Waals surface area contributed by atoms with Gasteiger partial charge in [-0.3, -0.25) is 23.7 Å². The lowest BCUT2D eigenvalue weighted by molar-refractivity contribution is -0.119. The summed E-state index contributed by atoms with van der Waals surface area (Å²) in [5.74, 6) is 0.487. The first-order valence-corrected chi connectivity index (χ1v) is 12.7. The normalized spacial score (nSPS) is 17.2. The number of carbonyl (C=O) groups excluding carboxylic acids is 2. The standard InChI is InChI=1S/C26H33N7O3/c1-15(2)33-21(10-12-28-33)25(35)31-23(22(17-6-7-17)18-8-9-18)26(36)30-19-13-29-32(14-19)16(3)20-5-4-11-27-24(20)34/h4-5,10-18,22-23H,6-9H2,1-3H3,(H,27,34)(H,30,36)(H,31,35)/t16?,23-/m0/s1. The fourth-order valence-electron chi connectivity index (χ4n) is 5.09. The van der Waals surface area contributed by atoms with Gasteiger partial charge in [-0.15, -0.1) is 0 Å². The Morgan fingerprint density at radius 1 is 1.08 bits per heavy atom. The highest BCUT2D eigenvalue weighted by atomic mass is 16.2. The quantitative estimate of drug-likeness (QED) is 0.402. The van der Waals surface area contributed by atoms with Gasteiger partial charge in [-0.25, -0.2) is 0 Å². The van der Waals surface area contributed by atoms with Gasteiger partial charge in [-0.1, -0.05) is 0 Å². The van der Waals surface area contributed by atoms with Crippen LogP contribution in [0, 0.1) is 17.8 Å². The van der Waals surface area contributed by atoms with Crippen molar-refractivity contribution in [1.82, 2.24) is 29.9 Å². The molecule has 3 aromatic rings. The third-order valence-electron chi connectivity index (χ3n) is 7.24. The summed E-state index contributed by atoms with van der Waals surface area (Å²) in [6, 6.07) is 4.29. The first-order valence-electron chi connectivity index (χ1n) is 12.7. The Bertz CT molecular complexity index is 1290. The topological polar surface area (TPSA) is 127 Å². The van der Waals surface area contributed by atoms with Crippen molar-refractivity contribution in [2.24, 2.45) is 17.8 Å². The van der Waals surface area contributed by atoms with Crippen molar-refractivity contribution in [3.05, 3.63) is 64.6 Å². The van der Waals surface area contributed by atoms with E-state index in [0.717, 1.165) is 25.7 Å². The molecule has 0 bridgehead atoms. The molecule has 10 nitrogen and oxygen atoms in total. The predicted octanol–water partition coefficient (Wildman–Crippen LogP) is 3.13. The molecule has 2 amide bonds. The van der Waals surface area contributed by atoms with Gasteiger partial charge in [-0.05, 0) is 82.4 Å². The molecule has 0 aliphatic heterocycles. The Morgan fingerprint density at radius 2 is 1.81 bits per heavy atom. The van der Waals surface area contributed by atoms with E-state index in [0.29, 0.717) is 28.8 Å². The monoisotopic (exact) mass is 491 g/mol. The second-order valence-corrected chi connectivity index (χ2v) is 10.3. The second-order valence-electron chi connectivity index (χ2n) is 10.3. The van der Waals surface area contributed by atoms with E-state index in [-0.39, 0.29) is 35.4 Å². The number of amides is 2. The molecule has 0 aromatic carbocycles. The number of nitrogens with one attached hydrogen (secondary N) is 3. The number of pyridine rings is 1. The number of rotatable bonds is 10. The van der Waals surface area contributed by atoms with Crippen LogP contribution in [-0.2, 0) is 4.79 Å². The van der Waals surface area contributed by atoms with Crippen LogP contribution < -0.4 is 16.2 Å². The van der Waals surface area contributed by atoms with E-state index in [2.05, 4.69) is 25.8 Å². The maximum atomic E-state index is 13.6. The molecule has 2 aliphatic rings. The zero-order chi connectivity index (χ0) is 25.4. The van der Waals surface area contributed by atoms with Crippen molar-refractivity contribution in [2.45, 2.75) is 64.6 Å². The van der Waals surface area contributed by atoms with Crippen LogP contribution in [0.4, 0.5) is 5.69 Å². The van der Waals surface area contributed by atoms with Crippen LogP contribution in [0.5, 0.6) is 0 Å². The molecular formula is C26H33N7O3. The van der Waals surface area contributed by atoms with Crippen molar-refractivity contribution in [2.75, 3.05) is 5.32 Å². The van der Waals surface area contributed by atoms with Gasteiger partial charge in [0.1, 0.15) is 11.7 Å². The maximum Gasteiger partial charge on any atom is 0.270 e. The minimum atomic E-state index is -0.647. The summed E-state index contributed by atoms with van der Waals surface area (Å²) in [5.41, 5.74) is 1.37. The van der Waals surface area contributed by atoms with Crippen LogP contribution in [0.1, 0.15) is 74.6 Å². The van der Waals surface area contributed by atoms with Crippen LogP contribution >= 0.6 is 0 Å². The van der Waals surface area contributed by atoms with Crippen molar-refractivity contribution >= 4 is 17.5 Å². The van der Waals surface area contributed by atoms with E-state index >= 15 is 0 Å². The Labute approximate surface area is 209 Å². The molecule has 190 valence electrons. The Morgan fingerprint density at radius 3 is 2.44 bits per heavy atom. The number of nitrogens with zero attached hydrogens (tertiary/aromatic N) is 4. The lowest BCUT2D eigenvalue weighted by atomic mass is 9.88. The average Bonchev–Trinajstić information content (AvgIpc) is 3.77. The summed E-state index contributed by atoms with van der Waals surface area (Å²) < 4.78 is 3.32. The van der Waals surface area contributed by atoms with Gasteiger partial charge >= 0.3 is 0 Å². The van der Waals surface area contributed by atoms with Gasteiger partial charge in [0.05, 0.1) is 17.9 Å². The van der Waals surface area contributed by atoms with Crippen LogP contribution in [0.25, 0.3) is 0 Å². The van der Waals surface area contributed by atoms with E-state index in [9.17, 15) is 14.4 Å². The zero-order valence-electron chi connectivity index (χ0n) is 20.8. The molecule has 2 aliphatic carbocycles. The fraction of sp³-hybridized carbons (Fsp3) is 0.500. The van der Waals surface area contributed by atoms with Crippen LogP contribution in [-0.4, -0.2) is 42.4 Å². The fourth-order valence-corrected chi connectivity index (χ4v) is 5.09. The molecule has 1 unspecified atom stereocenters. The Kier molecular flexibility index (Phi) is 6.51.